The number of amides is 2. The highest BCUT2D eigenvalue weighted by atomic mass is 79.9. The first-order valence-electron chi connectivity index (χ1n) is 5.85. The van der Waals surface area contributed by atoms with E-state index in [0.29, 0.717) is 25.1 Å². The number of halogens is 1. The summed E-state index contributed by atoms with van der Waals surface area (Å²) in [5.41, 5.74) is 1.61. The van der Waals surface area contributed by atoms with E-state index in [1.807, 2.05) is 26.0 Å². The molecule has 0 unspecified atom stereocenters. The van der Waals surface area contributed by atoms with E-state index in [9.17, 15) is 9.59 Å². The van der Waals surface area contributed by atoms with E-state index < -0.39 is 0 Å². The molecule has 0 saturated carbocycles. The van der Waals surface area contributed by atoms with Crippen LogP contribution in [-0.2, 0) is 4.79 Å². The van der Waals surface area contributed by atoms with Gasteiger partial charge in [-0.1, -0.05) is 15.9 Å². The minimum atomic E-state index is -0.158. The summed E-state index contributed by atoms with van der Waals surface area (Å²) in [4.78, 5) is 23.0. The Morgan fingerprint density at radius 3 is 2.61 bits per heavy atom. The molecule has 1 aromatic rings. The van der Waals surface area contributed by atoms with E-state index in [1.165, 1.54) is 0 Å². The van der Waals surface area contributed by atoms with Gasteiger partial charge in [-0.05, 0) is 37.6 Å². The molecule has 4 nitrogen and oxygen atoms in total. The van der Waals surface area contributed by atoms with E-state index in [4.69, 9.17) is 0 Å². The van der Waals surface area contributed by atoms with Crippen LogP contribution >= 0.6 is 15.9 Å². The molecule has 0 spiro atoms. The van der Waals surface area contributed by atoms with Gasteiger partial charge in [-0.15, -0.1) is 0 Å². The van der Waals surface area contributed by atoms with Gasteiger partial charge in [0.2, 0.25) is 5.91 Å². The third kappa shape index (κ3) is 4.49. The fourth-order valence-electron chi connectivity index (χ4n) is 1.46. The monoisotopic (exact) mass is 312 g/mol. The predicted molar refractivity (Wildman–Crippen MR) is 74.5 cm³/mol. The van der Waals surface area contributed by atoms with E-state index in [-0.39, 0.29) is 11.8 Å². The Kier molecular flexibility index (Phi) is 5.85. The van der Waals surface area contributed by atoms with Crippen LogP contribution in [0.15, 0.2) is 22.7 Å². The molecule has 1 rings (SSSR count). The second-order valence-electron chi connectivity index (χ2n) is 3.92. The van der Waals surface area contributed by atoms with Gasteiger partial charge in [0.25, 0.3) is 5.91 Å². The van der Waals surface area contributed by atoms with Gasteiger partial charge in [0.05, 0.1) is 0 Å². The third-order valence-electron chi connectivity index (χ3n) is 2.43. The summed E-state index contributed by atoms with van der Waals surface area (Å²) in [5.74, 6) is -0.209. The van der Waals surface area contributed by atoms with E-state index in [1.54, 1.807) is 6.07 Å². The second kappa shape index (κ2) is 7.16. The Morgan fingerprint density at radius 2 is 2.00 bits per heavy atom. The summed E-state index contributed by atoms with van der Waals surface area (Å²) in [6, 6.07) is 5.40. The largest absolute Gasteiger partial charge is 0.356 e. The van der Waals surface area contributed by atoms with E-state index >= 15 is 0 Å². The lowest BCUT2D eigenvalue weighted by molar-refractivity contribution is -0.120. The van der Waals surface area contributed by atoms with Crippen LogP contribution in [0, 0.1) is 6.92 Å². The number of carbonyl (C=O) groups is 2. The molecule has 2 amide bonds. The Morgan fingerprint density at radius 1 is 1.28 bits per heavy atom. The first-order chi connectivity index (χ1) is 8.54. The molecule has 0 aliphatic heterocycles. The molecule has 0 radical (unpaired) electrons. The molecular formula is C13H17BrN2O2. The van der Waals surface area contributed by atoms with Crippen LogP contribution in [0.2, 0.25) is 0 Å². The maximum atomic E-state index is 11.8. The van der Waals surface area contributed by atoms with Crippen LogP contribution in [-0.4, -0.2) is 24.9 Å². The smallest absolute Gasteiger partial charge is 0.251 e. The fourth-order valence-corrected chi connectivity index (χ4v) is 1.71. The van der Waals surface area contributed by atoms with Crippen molar-refractivity contribution in [1.82, 2.24) is 10.6 Å². The maximum absolute atomic E-state index is 11.8. The van der Waals surface area contributed by atoms with Crippen molar-refractivity contribution in [2.45, 2.75) is 20.3 Å². The van der Waals surface area contributed by atoms with Gasteiger partial charge in [0.1, 0.15) is 0 Å². The first-order valence-corrected chi connectivity index (χ1v) is 6.65. The van der Waals surface area contributed by atoms with Crippen molar-refractivity contribution in [3.63, 3.8) is 0 Å². The maximum Gasteiger partial charge on any atom is 0.251 e. The molecular weight excluding hydrogens is 296 g/mol. The fraction of sp³-hybridized carbons (Fsp3) is 0.385. The molecule has 2 N–H and O–H groups in total. The Labute approximate surface area is 115 Å². The zero-order valence-electron chi connectivity index (χ0n) is 10.5. The van der Waals surface area contributed by atoms with Gasteiger partial charge >= 0.3 is 0 Å². The lowest BCUT2D eigenvalue weighted by Crippen LogP contribution is -2.30. The van der Waals surface area contributed by atoms with Crippen molar-refractivity contribution in [3.05, 3.63) is 33.8 Å². The van der Waals surface area contributed by atoms with Gasteiger partial charge in [-0.25, -0.2) is 0 Å². The molecule has 5 heteroatoms. The number of aryl methyl sites for hydroxylation is 1. The van der Waals surface area contributed by atoms with Crippen LogP contribution in [0.3, 0.4) is 0 Å². The number of nitrogens with one attached hydrogen (secondary N) is 2. The van der Waals surface area contributed by atoms with Crippen molar-refractivity contribution in [2.75, 3.05) is 13.1 Å². The molecule has 0 saturated heterocycles. The van der Waals surface area contributed by atoms with Gasteiger partial charge in [0, 0.05) is 29.5 Å². The lowest BCUT2D eigenvalue weighted by atomic mass is 10.1. The summed E-state index contributed by atoms with van der Waals surface area (Å²) >= 11 is 3.38. The van der Waals surface area contributed by atoms with E-state index in [0.717, 1.165) is 10.0 Å². The molecule has 1 aromatic carbocycles. The van der Waals surface area contributed by atoms with Gasteiger partial charge in [-0.2, -0.15) is 0 Å². The van der Waals surface area contributed by atoms with Crippen molar-refractivity contribution in [1.29, 1.82) is 0 Å². The molecule has 0 atom stereocenters. The molecule has 98 valence electrons. The van der Waals surface area contributed by atoms with Gasteiger partial charge in [0.15, 0.2) is 0 Å². The zero-order chi connectivity index (χ0) is 13.5. The molecule has 0 aliphatic rings. The lowest BCUT2D eigenvalue weighted by Gasteiger charge is -2.06. The number of hydrogen-bond acceptors (Lipinski definition) is 2. The summed E-state index contributed by atoms with van der Waals surface area (Å²) in [6.07, 6.45) is 0.301. The molecule has 0 bridgehead atoms. The normalized spacial score (nSPS) is 9.94. The van der Waals surface area contributed by atoms with Crippen LogP contribution < -0.4 is 10.6 Å². The van der Waals surface area contributed by atoms with Crippen LogP contribution in [0.4, 0.5) is 0 Å². The zero-order valence-corrected chi connectivity index (χ0v) is 12.1. The minimum Gasteiger partial charge on any atom is -0.356 e. The topological polar surface area (TPSA) is 58.2 Å². The standard InChI is InChI=1S/C13H17BrN2O2/c1-3-15-12(17)6-7-16-13(18)10-4-5-11(14)9(2)8-10/h4-5,8H,3,6-7H2,1-2H3,(H,15,17)(H,16,18). The van der Waals surface area contributed by atoms with Crippen molar-refractivity contribution in [3.8, 4) is 0 Å². The van der Waals surface area contributed by atoms with Crippen molar-refractivity contribution in [2.24, 2.45) is 0 Å². The third-order valence-corrected chi connectivity index (χ3v) is 3.32. The highest BCUT2D eigenvalue weighted by Crippen LogP contribution is 2.16. The SMILES string of the molecule is CCNC(=O)CCNC(=O)c1ccc(Br)c(C)c1. The molecule has 0 heterocycles. The van der Waals surface area contributed by atoms with Crippen LogP contribution in [0.1, 0.15) is 29.3 Å². The van der Waals surface area contributed by atoms with Crippen molar-refractivity contribution >= 4 is 27.7 Å². The number of benzene rings is 1. The van der Waals surface area contributed by atoms with Crippen molar-refractivity contribution < 1.29 is 9.59 Å². The van der Waals surface area contributed by atoms with Gasteiger partial charge < -0.3 is 10.6 Å². The highest BCUT2D eigenvalue weighted by Gasteiger charge is 2.07. The number of hydrogen-bond donors (Lipinski definition) is 2. The Bertz CT molecular complexity index is 447. The Balaban J connectivity index is 2.45. The Hall–Kier alpha value is -1.36. The average Bonchev–Trinajstić information content (AvgIpc) is 2.33. The molecule has 18 heavy (non-hydrogen) atoms. The average molecular weight is 313 g/mol. The first kappa shape index (κ1) is 14.7. The second-order valence-corrected chi connectivity index (χ2v) is 4.78. The van der Waals surface area contributed by atoms with E-state index in [2.05, 4.69) is 26.6 Å². The summed E-state index contributed by atoms with van der Waals surface area (Å²) in [7, 11) is 0. The summed E-state index contributed by atoms with van der Waals surface area (Å²) < 4.78 is 0.973. The molecule has 0 aliphatic carbocycles. The molecule has 0 fully saturated rings. The van der Waals surface area contributed by atoms with Gasteiger partial charge in [-0.3, -0.25) is 9.59 Å². The molecule has 0 aromatic heterocycles. The number of rotatable bonds is 5. The van der Waals surface area contributed by atoms with Crippen LogP contribution in [0.25, 0.3) is 0 Å². The highest BCUT2D eigenvalue weighted by molar-refractivity contribution is 9.10. The summed E-state index contributed by atoms with van der Waals surface area (Å²) in [6.45, 7) is 4.75. The summed E-state index contributed by atoms with van der Waals surface area (Å²) in [5, 5.41) is 5.40. The number of carbonyl (C=O) groups excluding carboxylic acids is 2. The quantitative estimate of drug-likeness (QED) is 0.874. The predicted octanol–water partition coefficient (Wildman–Crippen LogP) is 2.01. The minimum absolute atomic E-state index is 0.0511. The van der Waals surface area contributed by atoms with Crippen LogP contribution in [0.5, 0.6) is 0 Å².